The number of nitrogens with one attached hydrogen (secondary N) is 6. The fraction of sp³-hybridized carbons (Fsp3) is 1.00. The van der Waals surface area contributed by atoms with E-state index in [1.807, 2.05) is 0 Å². The van der Waals surface area contributed by atoms with Crippen LogP contribution in [0.3, 0.4) is 0 Å². The summed E-state index contributed by atoms with van der Waals surface area (Å²) in [6, 6.07) is 0. The highest BCUT2D eigenvalue weighted by atomic mass is 15.8. The first-order chi connectivity index (χ1) is 7.00. The fourth-order valence-corrected chi connectivity index (χ4v) is 1.41. The van der Waals surface area contributed by atoms with Crippen LogP contribution in [0.2, 0.25) is 0 Å². The molecule has 0 aromatic heterocycles. The van der Waals surface area contributed by atoms with Crippen LogP contribution in [0.25, 0.3) is 0 Å². The van der Waals surface area contributed by atoms with Gasteiger partial charge in [-0.2, -0.15) is 22.1 Å². The minimum Gasteiger partial charge on any atom is -0.243 e. The van der Waals surface area contributed by atoms with Crippen molar-refractivity contribution in [3.63, 3.8) is 0 Å². The maximum atomic E-state index is 3.05. The second kappa shape index (κ2) is 9.32. The molecule has 0 unspecified atom stereocenters. The van der Waals surface area contributed by atoms with Gasteiger partial charge >= 0.3 is 0 Å². The van der Waals surface area contributed by atoms with Crippen LogP contribution < -0.4 is 33.0 Å². The van der Waals surface area contributed by atoms with Crippen LogP contribution in [0.15, 0.2) is 0 Å². The maximum Gasteiger partial charge on any atom is 0.0113 e. The maximum absolute atomic E-state index is 3.05. The lowest BCUT2D eigenvalue weighted by molar-refractivity contribution is 0.290. The number of hydrazine groups is 5. The standard InChI is InChI=1S/C8H22N6/c1-2-4-6-8-10-12-14-13-11-9-7-5-3-1/h9-14H,1-8H2. The first-order valence-corrected chi connectivity index (χ1v) is 5.46. The van der Waals surface area contributed by atoms with Gasteiger partial charge in [0.1, 0.15) is 0 Å². The molecule has 6 nitrogen and oxygen atoms in total. The minimum absolute atomic E-state index is 0.988. The van der Waals surface area contributed by atoms with E-state index < -0.39 is 0 Å². The highest BCUT2D eigenvalue weighted by Gasteiger charge is 1.92. The van der Waals surface area contributed by atoms with Gasteiger partial charge in [-0.15, -0.1) is 0 Å². The summed E-state index contributed by atoms with van der Waals surface area (Å²) in [6.07, 6.45) is 7.77. The van der Waals surface area contributed by atoms with Crippen molar-refractivity contribution in [3.05, 3.63) is 0 Å². The zero-order chi connectivity index (χ0) is 9.90. The highest BCUT2D eigenvalue weighted by Crippen LogP contribution is 2.03. The summed E-state index contributed by atoms with van der Waals surface area (Å²) >= 11 is 0. The Balaban J connectivity index is 2.00. The Kier molecular flexibility index (Phi) is 7.88. The van der Waals surface area contributed by atoms with Gasteiger partial charge in [0.15, 0.2) is 0 Å². The molecule has 0 bridgehead atoms. The molecule has 0 aromatic carbocycles. The Labute approximate surface area is 85.4 Å². The average Bonchev–Trinajstić information content (AvgIpc) is 2.22. The van der Waals surface area contributed by atoms with E-state index in [4.69, 9.17) is 0 Å². The minimum atomic E-state index is 0.988. The molecule has 0 spiro atoms. The third-order valence-electron chi connectivity index (χ3n) is 2.22. The van der Waals surface area contributed by atoms with E-state index in [0.717, 1.165) is 13.1 Å². The third-order valence-corrected chi connectivity index (χ3v) is 2.22. The van der Waals surface area contributed by atoms with E-state index in [0.29, 0.717) is 0 Å². The second-order valence-electron chi connectivity index (χ2n) is 3.47. The summed E-state index contributed by atoms with van der Waals surface area (Å²) in [4.78, 5) is 0. The van der Waals surface area contributed by atoms with Crippen molar-refractivity contribution in [1.29, 1.82) is 0 Å². The van der Waals surface area contributed by atoms with Crippen LogP contribution in [0.1, 0.15) is 38.5 Å². The Morgan fingerprint density at radius 2 is 0.857 bits per heavy atom. The van der Waals surface area contributed by atoms with Crippen molar-refractivity contribution in [2.24, 2.45) is 0 Å². The Bertz CT molecular complexity index is 67.1. The van der Waals surface area contributed by atoms with Gasteiger partial charge in [-0.05, 0) is 12.8 Å². The molecule has 0 radical (unpaired) electrons. The molecular weight excluding hydrogens is 180 g/mol. The molecule has 1 aliphatic rings. The zero-order valence-electron chi connectivity index (χ0n) is 8.66. The van der Waals surface area contributed by atoms with Crippen molar-refractivity contribution < 1.29 is 0 Å². The molecular formula is C8H22N6. The van der Waals surface area contributed by atoms with Crippen molar-refractivity contribution in [2.75, 3.05) is 13.1 Å². The molecule has 1 rings (SSSR count). The number of rotatable bonds is 0. The van der Waals surface area contributed by atoms with Gasteiger partial charge in [-0.3, -0.25) is 0 Å². The second-order valence-corrected chi connectivity index (χ2v) is 3.47. The third kappa shape index (κ3) is 7.19. The lowest BCUT2D eigenvalue weighted by Gasteiger charge is -2.12. The van der Waals surface area contributed by atoms with Gasteiger partial charge in [0.25, 0.3) is 0 Å². The van der Waals surface area contributed by atoms with Gasteiger partial charge in [0.2, 0.25) is 0 Å². The zero-order valence-corrected chi connectivity index (χ0v) is 8.66. The first-order valence-electron chi connectivity index (χ1n) is 5.46. The molecule has 6 heteroatoms. The van der Waals surface area contributed by atoms with Crippen LogP contribution in [0.5, 0.6) is 0 Å². The van der Waals surface area contributed by atoms with Crippen LogP contribution in [-0.2, 0) is 0 Å². The summed E-state index contributed by atoms with van der Waals surface area (Å²) in [5, 5.41) is 0. The van der Waals surface area contributed by atoms with Gasteiger partial charge in [-0.25, -0.2) is 10.9 Å². The lowest BCUT2D eigenvalue weighted by Crippen LogP contribution is -2.58. The summed E-state index contributed by atoms with van der Waals surface area (Å²) in [7, 11) is 0. The summed E-state index contributed by atoms with van der Waals surface area (Å²) in [6.45, 7) is 1.98. The van der Waals surface area contributed by atoms with Crippen LogP contribution in [0, 0.1) is 0 Å². The normalized spacial score (nSPS) is 24.0. The predicted molar refractivity (Wildman–Crippen MR) is 56.3 cm³/mol. The molecule has 0 aromatic rings. The Morgan fingerprint density at radius 1 is 0.429 bits per heavy atom. The smallest absolute Gasteiger partial charge is 0.0113 e. The molecule has 14 heavy (non-hydrogen) atoms. The van der Waals surface area contributed by atoms with Crippen LogP contribution >= 0.6 is 0 Å². The van der Waals surface area contributed by atoms with E-state index in [-0.39, 0.29) is 0 Å². The molecule has 0 aliphatic carbocycles. The van der Waals surface area contributed by atoms with E-state index >= 15 is 0 Å². The molecule has 84 valence electrons. The summed E-state index contributed by atoms with van der Waals surface area (Å²) < 4.78 is 0. The quantitative estimate of drug-likeness (QED) is 0.317. The molecule has 6 N–H and O–H groups in total. The van der Waals surface area contributed by atoms with Crippen LogP contribution in [0.4, 0.5) is 0 Å². The molecule has 1 aliphatic heterocycles. The summed E-state index contributed by atoms with van der Waals surface area (Å²) in [5.41, 5.74) is 17.3. The molecule has 0 atom stereocenters. The van der Waals surface area contributed by atoms with E-state index in [2.05, 4.69) is 33.0 Å². The molecule has 1 fully saturated rings. The summed E-state index contributed by atoms with van der Waals surface area (Å²) in [5.74, 6) is 0. The van der Waals surface area contributed by atoms with Crippen molar-refractivity contribution in [3.8, 4) is 0 Å². The Hall–Kier alpha value is -0.240. The lowest BCUT2D eigenvalue weighted by atomic mass is 10.1. The fourth-order valence-electron chi connectivity index (χ4n) is 1.41. The van der Waals surface area contributed by atoms with Crippen molar-refractivity contribution >= 4 is 0 Å². The van der Waals surface area contributed by atoms with E-state index in [9.17, 15) is 0 Å². The monoisotopic (exact) mass is 202 g/mol. The largest absolute Gasteiger partial charge is 0.243 e. The predicted octanol–water partition coefficient (Wildman–Crippen LogP) is -0.547. The Morgan fingerprint density at radius 3 is 1.36 bits per heavy atom. The van der Waals surface area contributed by atoms with E-state index in [1.165, 1.54) is 38.5 Å². The van der Waals surface area contributed by atoms with E-state index in [1.54, 1.807) is 0 Å². The topological polar surface area (TPSA) is 72.2 Å². The van der Waals surface area contributed by atoms with Gasteiger partial charge in [-0.1, -0.05) is 25.7 Å². The van der Waals surface area contributed by atoms with Gasteiger partial charge in [0, 0.05) is 13.1 Å². The molecule has 1 heterocycles. The SMILES string of the molecule is C1CCCCNNNNNNCCC1. The average molecular weight is 202 g/mol. The molecule has 1 saturated heterocycles. The van der Waals surface area contributed by atoms with Crippen molar-refractivity contribution in [2.45, 2.75) is 38.5 Å². The highest BCUT2D eigenvalue weighted by molar-refractivity contribution is 4.48. The van der Waals surface area contributed by atoms with Gasteiger partial charge < -0.3 is 0 Å². The number of hydrogen-bond acceptors (Lipinski definition) is 6. The van der Waals surface area contributed by atoms with Crippen LogP contribution in [-0.4, -0.2) is 13.1 Å². The molecule has 0 amide bonds. The van der Waals surface area contributed by atoms with Gasteiger partial charge in [0.05, 0.1) is 0 Å². The first kappa shape index (κ1) is 11.8. The number of hydrogen-bond donors (Lipinski definition) is 6. The van der Waals surface area contributed by atoms with Crippen molar-refractivity contribution in [1.82, 2.24) is 33.0 Å². The molecule has 0 saturated carbocycles.